The number of ether oxygens (including phenoxy) is 2. The third-order valence-electron chi connectivity index (χ3n) is 5.99. The van der Waals surface area contributed by atoms with E-state index in [2.05, 4.69) is 4.98 Å². The van der Waals surface area contributed by atoms with E-state index >= 15 is 0 Å². The van der Waals surface area contributed by atoms with Crippen molar-refractivity contribution in [2.75, 3.05) is 4.90 Å². The summed E-state index contributed by atoms with van der Waals surface area (Å²) in [6, 6.07) is 11.9. The fraction of sp³-hybridized carbons (Fsp3) is 0.250. The van der Waals surface area contributed by atoms with Gasteiger partial charge in [-0.1, -0.05) is 18.2 Å². The number of aryl methyl sites for hydroxylation is 4. The smallest absolute Gasteiger partial charge is 0.421 e. The molecule has 8 heteroatoms. The van der Waals surface area contributed by atoms with Crippen LogP contribution in [0.4, 0.5) is 10.5 Å². The molecule has 2 heterocycles. The molecule has 0 radical (unpaired) electrons. The van der Waals surface area contributed by atoms with E-state index in [0.717, 1.165) is 21.9 Å². The number of carbonyl (C=O) groups is 3. The number of aromatic nitrogens is 1. The molecule has 0 spiro atoms. The summed E-state index contributed by atoms with van der Waals surface area (Å²) < 4.78 is 10.9. The van der Waals surface area contributed by atoms with Crippen molar-refractivity contribution < 1.29 is 23.9 Å². The highest BCUT2D eigenvalue weighted by molar-refractivity contribution is 6.41. The van der Waals surface area contributed by atoms with Gasteiger partial charge in [-0.25, -0.2) is 14.5 Å². The Labute approximate surface area is 209 Å². The van der Waals surface area contributed by atoms with Crippen molar-refractivity contribution in [2.45, 2.75) is 47.3 Å². The number of carbonyl (C=O) groups excluding carboxylic acids is 3. The third kappa shape index (κ3) is 4.81. The van der Waals surface area contributed by atoms with Crippen molar-refractivity contribution in [1.82, 2.24) is 4.98 Å². The molecule has 1 atom stereocenters. The number of H-pyrrole nitrogens is 1. The van der Waals surface area contributed by atoms with Crippen molar-refractivity contribution >= 4 is 35.3 Å². The molecule has 8 nitrogen and oxygen atoms in total. The van der Waals surface area contributed by atoms with Crippen molar-refractivity contribution in [3.63, 3.8) is 0 Å². The summed E-state index contributed by atoms with van der Waals surface area (Å²) in [6.07, 6.45) is 1.00. The topological polar surface area (TPSA) is 115 Å². The molecule has 0 bridgehead atoms. The molecule has 3 N–H and O–H groups in total. The van der Waals surface area contributed by atoms with E-state index in [1.54, 1.807) is 51.1 Å². The molecule has 1 aromatic heterocycles. The zero-order valence-electron chi connectivity index (χ0n) is 21.0. The summed E-state index contributed by atoms with van der Waals surface area (Å²) in [5.74, 6) is -0.542. The van der Waals surface area contributed by atoms with Crippen LogP contribution in [0.5, 0.6) is 5.75 Å². The van der Waals surface area contributed by atoms with Gasteiger partial charge in [0.05, 0.1) is 11.3 Å². The van der Waals surface area contributed by atoms with Crippen LogP contribution in [0.25, 0.3) is 11.6 Å². The Morgan fingerprint density at radius 2 is 1.72 bits per heavy atom. The van der Waals surface area contributed by atoms with Gasteiger partial charge in [0.1, 0.15) is 18.4 Å². The number of anilines is 1. The molecule has 0 fully saturated rings. The highest BCUT2D eigenvalue weighted by Crippen LogP contribution is 2.38. The minimum atomic E-state index is -0.766. The highest BCUT2D eigenvalue weighted by atomic mass is 16.6. The average molecular weight is 488 g/mol. The summed E-state index contributed by atoms with van der Waals surface area (Å²) in [5.41, 5.74) is 12.1. The summed E-state index contributed by atoms with van der Waals surface area (Å²) in [6.45, 7) is 9.00. The Bertz CT molecular complexity index is 1380. The molecule has 1 aliphatic rings. The number of nitrogens with two attached hydrogens (primary N) is 1. The second-order valence-electron chi connectivity index (χ2n) is 9.09. The van der Waals surface area contributed by atoms with Crippen molar-refractivity contribution in [1.29, 1.82) is 0 Å². The number of hydrogen-bond acceptors (Lipinski definition) is 6. The molecular formula is C28H29N3O5. The first-order chi connectivity index (χ1) is 17.1. The quantitative estimate of drug-likeness (QED) is 0.306. The van der Waals surface area contributed by atoms with Crippen molar-refractivity contribution in [2.24, 2.45) is 5.73 Å². The number of hydrogen-bond donors (Lipinski definition) is 2. The van der Waals surface area contributed by atoms with Gasteiger partial charge in [-0.2, -0.15) is 0 Å². The third-order valence-corrected chi connectivity index (χ3v) is 5.99. The summed E-state index contributed by atoms with van der Waals surface area (Å²) in [4.78, 5) is 42.6. The summed E-state index contributed by atoms with van der Waals surface area (Å²) >= 11 is 0. The Kier molecular flexibility index (Phi) is 6.81. The molecule has 36 heavy (non-hydrogen) atoms. The second kappa shape index (κ2) is 9.83. The van der Waals surface area contributed by atoms with E-state index in [-0.39, 0.29) is 6.61 Å². The van der Waals surface area contributed by atoms with Gasteiger partial charge in [0.25, 0.3) is 5.91 Å². The first kappa shape index (κ1) is 24.9. The predicted molar refractivity (Wildman–Crippen MR) is 137 cm³/mol. The Hall–Kier alpha value is -4.17. The molecule has 0 saturated carbocycles. The van der Waals surface area contributed by atoms with Gasteiger partial charge in [0.15, 0.2) is 0 Å². The highest BCUT2D eigenvalue weighted by Gasteiger charge is 2.37. The number of fused-ring (bicyclic) bond motifs is 1. The minimum absolute atomic E-state index is 0.0536. The lowest BCUT2D eigenvalue weighted by Gasteiger charge is -2.17. The van der Waals surface area contributed by atoms with Crippen LogP contribution in [0.15, 0.2) is 42.5 Å². The first-order valence-corrected chi connectivity index (χ1v) is 11.6. The van der Waals surface area contributed by atoms with Crippen LogP contribution >= 0.6 is 0 Å². The molecule has 186 valence electrons. The fourth-order valence-corrected chi connectivity index (χ4v) is 4.29. The normalized spacial score (nSPS) is 14.7. The van der Waals surface area contributed by atoms with Gasteiger partial charge >= 0.3 is 12.1 Å². The van der Waals surface area contributed by atoms with Crippen LogP contribution in [0.2, 0.25) is 0 Å². The van der Waals surface area contributed by atoms with Crippen LogP contribution in [0, 0.1) is 27.7 Å². The van der Waals surface area contributed by atoms with Crippen LogP contribution in [0.3, 0.4) is 0 Å². The second-order valence-corrected chi connectivity index (χ2v) is 9.09. The SMILES string of the molecule is Cc1cc(C)c(/C=C2\C(=O)N(C(=O)OCc3cc(C)c(OC(=O)C(C)N)c(C)c3)c3ccccc32)[nH]1. The standard InChI is InChI=1S/C28H29N3O5/c1-15-10-18(4)30-23(15)13-22-21-8-6-7-9-24(21)31(26(22)32)28(34)35-14-20-11-16(2)25(17(3)12-20)36-27(33)19(5)29/h6-13,19,30H,14,29H2,1-5H3/b22-13-. The predicted octanol–water partition coefficient (Wildman–Crippen LogP) is 4.72. The monoisotopic (exact) mass is 487 g/mol. The molecule has 1 aliphatic heterocycles. The van der Waals surface area contributed by atoms with Crippen LogP contribution < -0.4 is 15.4 Å². The van der Waals surface area contributed by atoms with E-state index < -0.39 is 24.0 Å². The van der Waals surface area contributed by atoms with Gasteiger partial charge in [-0.3, -0.25) is 4.79 Å². The maximum Gasteiger partial charge on any atom is 0.421 e. The Morgan fingerprint density at radius 3 is 2.33 bits per heavy atom. The van der Waals surface area contributed by atoms with Gasteiger partial charge in [0, 0.05) is 17.0 Å². The summed E-state index contributed by atoms with van der Waals surface area (Å²) in [7, 11) is 0. The number of aromatic amines is 1. The number of imide groups is 1. The van der Waals surface area contributed by atoms with Gasteiger partial charge in [-0.05, 0) is 87.2 Å². The number of nitrogens with zero attached hydrogens (tertiary/aromatic N) is 1. The molecule has 2 amide bonds. The maximum atomic E-state index is 13.3. The number of para-hydroxylation sites is 1. The average Bonchev–Trinajstić information content (AvgIpc) is 3.29. The number of esters is 1. The lowest BCUT2D eigenvalue weighted by Crippen LogP contribution is -2.34. The van der Waals surface area contributed by atoms with Crippen molar-refractivity contribution in [3.05, 3.63) is 81.7 Å². The molecular weight excluding hydrogens is 458 g/mol. The van der Waals surface area contributed by atoms with Gasteiger partial charge in [0.2, 0.25) is 0 Å². The lowest BCUT2D eigenvalue weighted by molar-refractivity contribution is -0.135. The minimum Gasteiger partial charge on any atom is -0.444 e. The number of benzene rings is 2. The number of amides is 2. The van der Waals surface area contributed by atoms with E-state index in [0.29, 0.717) is 39.3 Å². The van der Waals surface area contributed by atoms with E-state index in [4.69, 9.17) is 15.2 Å². The molecule has 0 saturated heterocycles. The zero-order chi connectivity index (χ0) is 26.1. The van der Waals surface area contributed by atoms with Gasteiger partial charge < -0.3 is 20.2 Å². The molecule has 3 aromatic rings. The Balaban J connectivity index is 1.55. The number of rotatable bonds is 5. The van der Waals surface area contributed by atoms with Crippen LogP contribution in [-0.2, 0) is 20.9 Å². The molecule has 0 aliphatic carbocycles. The molecule has 4 rings (SSSR count). The fourth-order valence-electron chi connectivity index (χ4n) is 4.29. The van der Waals surface area contributed by atoms with E-state index in [1.807, 2.05) is 32.0 Å². The van der Waals surface area contributed by atoms with Crippen LogP contribution in [0.1, 0.15) is 46.1 Å². The van der Waals surface area contributed by atoms with Gasteiger partial charge in [-0.15, -0.1) is 0 Å². The van der Waals surface area contributed by atoms with E-state index in [1.165, 1.54) is 0 Å². The molecule has 2 aromatic carbocycles. The van der Waals surface area contributed by atoms with E-state index in [9.17, 15) is 14.4 Å². The Morgan fingerprint density at radius 1 is 1.06 bits per heavy atom. The van der Waals surface area contributed by atoms with Crippen LogP contribution in [-0.4, -0.2) is 29.0 Å². The number of nitrogens with one attached hydrogen (secondary N) is 1. The molecule has 1 unspecified atom stereocenters. The van der Waals surface area contributed by atoms with Crippen molar-refractivity contribution in [3.8, 4) is 5.75 Å². The first-order valence-electron chi connectivity index (χ1n) is 11.6. The summed E-state index contributed by atoms with van der Waals surface area (Å²) in [5, 5.41) is 0. The maximum absolute atomic E-state index is 13.3. The zero-order valence-corrected chi connectivity index (χ0v) is 21.0. The largest absolute Gasteiger partial charge is 0.444 e. The lowest BCUT2D eigenvalue weighted by atomic mass is 10.1.